The Morgan fingerprint density at radius 2 is 1.76 bits per heavy atom. The van der Waals surface area contributed by atoms with Crippen LogP contribution in [-0.4, -0.2) is 7.05 Å². The average Bonchev–Trinajstić information content (AvgIpc) is 2.34. The summed E-state index contributed by atoms with van der Waals surface area (Å²) in [6, 6.07) is 13.8. The van der Waals surface area contributed by atoms with E-state index in [1.807, 2.05) is 38.2 Å². The molecule has 88 valence electrons. The van der Waals surface area contributed by atoms with E-state index in [4.69, 9.17) is 17.3 Å². The third kappa shape index (κ3) is 2.37. The van der Waals surface area contributed by atoms with Crippen LogP contribution in [0.5, 0.6) is 0 Å². The van der Waals surface area contributed by atoms with Crippen LogP contribution in [0, 0.1) is 6.92 Å². The molecule has 0 aliphatic carbocycles. The van der Waals surface area contributed by atoms with Crippen molar-refractivity contribution < 1.29 is 0 Å². The van der Waals surface area contributed by atoms with Crippen LogP contribution in [-0.2, 0) is 0 Å². The Morgan fingerprint density at radius 1 is 1.12 bits per heavy atom. The van der Waals surface area contributed by atoms with Crippen molar-refractivity contribution in [2.24, 2.45) is 0 Å². The summed E-state index contributed by atoms with van der Waals surface area (Å²) in [6.07, 6.45) is 0. The van der Waals surface area contributed by atoms with Crippen LogP contribution in [0.15, 0.2) is 42.5 Å². The molecule has 2 aromatic carbocycles. The number of hydrogen-bond donors (Lipinski definition) is 1. The van der Waals surface area contributed by atoms with Crippen LogP contribution in [0.4, 0.5) is 17.1 Å². The highest BCUT2D eigenvalue weighted by atomic mass is 35.5. The Labute approximate surface area is 107 Å². The van der Waals surface area contributed by atoms with E-state index in [2.05, 4.69) is 17.0 Å². The number of anilines is 3. The third-order valence-electron chi connectivity index (χ3n) is 2.89. The van der Waals surface area contributed by atoms with Gasteiger partial charge in [0.1, 0.15) is 0 Å². The highest BCUT2D eigenvalue weighted by Gasteiger charge is 2.09. The molecule has 0 aliphatic heterocycles. The maximum Gasteiger partial charge on any atom is 0.0473 e. The lowest BCUT2D eigenvalue weighted by Crippen LogP contribution is -2.11. The van der Waals surface area contributed by atoms with Crippen molar-refractivity contribution in [3.05, 3.63) is 53.1 Å². The largest absolute Gasteiger partial charge is 0.398 e. The third-order valence-corrected chi connectivity index (χ3v) is 3.11. The Kier molecular flexibility index (Phi) is 3.25. The molecule has 0 aromatic heterocycles. The van der Waals surface area contributed by atoms with E-state index in [0.717, 1.165) is 22.6 Å². The zero-order valence-corrected chi connectivity index (χ0v) is 10.7. The van der Waals surface area contributed by atoms with Gasteiger partial charge in [-0.2, -0.15) is 0 Å². The number of nitrogen functional groups attached to an aromatic ring is 1. The first-order valence-electron chi connectivity index (χ1n) is 5.44. The molecule has 0 atom stereocenters. The van der Waals surface area contributed by atoms with Crippen molar-refractivity contribution in [3.63, 3.8) is 0 Å². The number of halogens is 1. The monoisotopic (exact) mass is 246 g/mol. The fourth-order valence-electron chi connectivity index (χ4n) is 1.82. The SMILES string of the molecule is Cc1c(N)cc(Cl)cc1N(C)c1ccccc1. The molecular weight excluding hydrogens is 232 g/mol. The molecular formula is C14H15ClN2. The molecule has 0 saturated carbocycles. The van der Waals surface area contributed by atoms with Crippen LogP contribution in [0.2, 0.25) is 5.02 Å². The summed E-state index contributed by atoms with van der Waals surface area (Å²) in [5, 5.41) is 0.658. The standard InChI is InChI=1S/C14H15ClN2/c1-10-13(16)8-11(15)9-14(10)17(2)12-6-4-3-5-7-12/h3-9H,16H2,1-2H3. The van der Waals surface area contributed by atoms with Gasteiger partial charge in [-0.3, -0.25) is 0 Å². The van der Waals surface area contributed by atoms with Gasteiger partial charge in [-0.25, -0.2) is 0 Å². The summed E-state index contributed by atoms with van der Waals surface area (Å²) in [5.74, 6) is 0. The minimum Gasteiger partial charge on any atom is -0.398 e. The molecule has 0 amide bonds. The van der Waals surface area contributed by atoms with E-state index in [9.17, 15) is 0 Å². The Hall–Kier alpha value is -1.67. The summed E-state index contributed by atoms with van der Waals surface area (Å²) in [5.41, 5.74) is 9.82. The van der Waals surface area contributed by atoms with Gasteiger partial charge in [0.15, 0.2) is 0 Å². The van der Waals surface area contributed by atoms with Crippen LogP contribution < -0.4 is 10.6 Å². The van der Waals surface area contributed by atoms with Crippen LogP contribution >= 0.6 is 11.6 Å². The van der Waals surface area contributed by atoms with E-state index in [0.29, 0.717) is 5.02 Å². The lowest BCUT2D eigenvalue weighted by atomic mass is 10.1. The molecule has 2 nitrogen and oxygen atoms in total. The summed E-state index contributed by atoms with van der Waals surface area (Å²) >= 11 is 6.05. The first kappa shape index (κ1) is 11.8. The highest BCUT2D eigenvalue weighted by Crippen LogP contribution is 2.32. The molecule has 0 bridgehead atoms. The normalized spacial score (nSPS) is 10.3. The van der Waals surface area contributed by atoms with Crippen molar-refractivity contribution >= 4 is 28.7 Å². The fourth-order valence-corrected chi connectivity index (χ4v) is 2.05. The quantitative estimate of drug-likeness (QED) is 0.812. The predicted molar refractivity (Wildman–Crippen MR) is 75.1 cm³/mol. The topological polar surface area (TPSA) is 29.3 Å². The van der Waals surface area contributed by atoms with Gasteiger partial charge < -0.3 is 10.6 Å². The van der Waals surface area contributed by atoms with Gasteiger partial charge in [0.25, 0.3) is 0 Å². The lowest BCUT2D eigenvalue weighted by molar-refractivity contribution is 1.19. The molecule has 0 heterocycles. The summed E-state index contributed by atoms with van der Waals surface area (Å²) in [4.78, 5) is 2.08. The molecule has 17 heavy (non-hydrogen) atoms. The van der Waals surface area contributed by atoms with Crippen LogP contribution in [0.25, 0.3) is 0 Å². The second-order valence-electron chi connectivity index (χ2n) is 4.03. The van der Waals surface area contributed by atoms with Crippen molar-refractivity contribution in [1.82, 2.24) is 0 Å². The summed E-state index contributed by atoms with van der Waals surface area (Å²) in [7, 11) is 2.01. The average molecular weight is 247 g/mol. The maximum atomic E-state index is 6.05. The smallest absolute Gasteiger partial charge is 0.0473 e. The van der Waals surface area contributed by atoms with Gasteiger partial charge in [0.2, 0.25) is 0 Å². The Morgan fingerprint density at radius 3 is 2.41 bits per heavy atom. The Balaban J connectivity index is 2.48. The maximum absolute atomic E-state index is 6.05. The van der Waals surface area contributed by atoms with Gasteiger partial charge in [0, 0.05) is 29.1 Å². The number of benzene rings is 2. The second-order valence-corrected chi connectivity index (χ2v) is 4.47. The number of hydrogen-bond acceptors (Lipinski definition) is 2. The van der Waals surface area contributed by atoms with E-state index in [1.54, 1.807) is 6.07 Å². The molecule has 2 rings (SSSR count). The van der Waals surface area contributed by atoms with Gasteiger partial charge >= 0.3 is 0 Å². The van der Waals surface area contributed by atoms with E-state index in [-0.39, 0.29) is 0 Å². The molecule has 2 aromatic rings. The fraction of sp³-hybridized carbons (Fsp3) is 0.143. The van der Waals surface area contributed by atoms with E-state index in [1.165, 1.54) is 0 Å². The first-order chi connectivity index (χ1) is 8.09. The van der Waals surface area contributed by atoms with Crippen molar-refractivity contribution in [2.45, 2.75) is 6.92 Å². The minimum absolute atomic E-state index is 0.658. The van der Waals surface area contributed by atoms with Gasteiger partial charge in [-0.05, 0) is 36.8 Å². The minimum atomic E-state index is 0.658. The summed E-state index contributed by atoms with van der Waals surface area (Å²) < 4.78 is 0. The number of nitrogens with zero attached hydrogens (tertiary/aromatic N) is 1. The van der Waals surface area contributed by atoms with Crippen molar-refractivity contribution in [3.8, 4) is 0 Å². The van der Waals surface area contributed by atoms with Gasteiger partial charge in [0.05, 0.1) is 0 Å². The number of rotatable bonds is 2. The number of para-hydroxylation sites is 1. The van der Waals surface area contributed by atoms with Gasteiger partial charge in [-0.1, -0.05) is 29.8 Å². The van der Waals surface area contributed by atoms with Crippen LogP contribution in [0.1, 0.15) is 5.56 Å². The zero-order chi connectivity index (χ0) is 12.4. The molecule has 0 spiro atoms. The molecule has 0 saturated heterocycles. The molecule has 3 heteroatoms. The van der Waals surface area contributed by atoms with E-state index < -0.39 is 0 Å². The molecule has 0 fully saturated rings. The van der Waals surface area contributed by atoms with Crippen molar-refractivity contribution in [1.29, 1.82) is 0 Å². The van der Waals surface area contributed by atoms with Gasteiger partial charge in [-0.15, -0.1) is 0 Å². The zero-order valence-electron chi connectivity index (χ0n) is 9.94. The highest BCUT2D eigenvalue weighted by molar-refractivity contribution is 6.31. The van der Waals surface area contributed by atoms with E-state index >= 15 is 0 Å². The molecule has 0 unspecified atom stereocenters. The predicted octanol–water partition coefficient (Wildman–Crippen LogP) is 4.00. The second kappa shape index (κ2) is 4.68. The Bertz CT molecular complexity index is 523. The molecule has 0 aliphatic rings. The van der Waals surface area contributed by atoms with Crippen LogP contribution in [0.3, 0.4) is 0 Å². The lowest BCUT2D eigenvalue weighted by Gasteiger charge is -2.22. The first-order valence-corrected chi connectivity index (χ1v) is 5.82. The molecule has 2 N–H and O–H groups in total. The molecule has 0 radical (unpaired) electrons. The summed E-state index contributed by atoms with van der Waals surface area (Å²) in [6.45, 7) is 2.00. The number of nitrogens with two attached hydrogens (primary N) is 1. The van der Waals surface area contributed by atoms with Crippen molar-refractivity contribution in [2.75, 3.05) is 17.7 Å².